The molecular formula is C25H28N4O7S. The Morgan fingerprint density at radius 3 is 2.57 bits per heavy atom. The Hall–Kier alpha value is -3.90. The number of hydrogen-bond acceptors (Lipinski definition) is 10. The number of nitrogens with one attached hydrogen (secondary N) is 2. The van der Waals surface area contributed by atoms with Crippen LogP contribution in [0.25, 0.3) is 0 Å². The number of nitro groups is 1. The lowest BCUT2D eigenvalue weighted by Crippen LogP contribution is -2.37. The van der Waals surface area contributed by atoms with Gasteiger partial charge in [0.2, 0.25) is 0 Å². The SMILES string of the molecule is C=CCOc1cnc(C(=O)NCC2CC(SC(=O)OCc3ccc([N+](=O)[O-])cc3)CN2)cc1OCC=C. The number of pyridine rings is 1. The molecule has 0 aliphatic carbocycles. The number of thioether (sulfide) groups is 1. The van der Waals surface area contributed by atoms with Crippen molar-refractivity contribution in [3.63, 3.8) is 0 Å². The van der Waals surface area contributed by atoms with Crippen molar-refractivity contribution in [2.45, 2.75) is 24.3 Å². The number of rotatable bonds is 13. The molecule has 0 saturated carbocycles. The van der Waals surface area contributed by atoms with Crippen molar-refractivity contribution < 1.29 is 28.7 Å². The molecule has 0 spiro atoms. The van der Waals surface area contributed by atoms with Crippen LogP contribution in [0.3, 0.4) is 0 Å². The van der Waals surface area contributed by atoms with Gasteiger partial charge in [-0.2, -0.15) is 0 Å². The highest BCUT2D eigenvalue weighted by Crippen LogP contribution is 2.27. The van der Waals surface area contributed by atoms with Crippen LogP contribution in [0.2, 0.25) is 0 Å². The van der Waals surface area contributed by atoms with Crippen LogP contribution in [0.1, 0.15) is 22.5 Å². The van der Waals surface area contributed by atoms with Gasteiger partial charge in [-0.15, -0.1) is 0 Å². The molecule has 1 aliphatic heterocycles. The summed E-state index contributed by atoms with van der Waals surface area (Å²) in [7, 11) is 0. The van der Waals surface area contributed by atoms with Crippen LogP contribution in [0.15, 0.2) is 61.8 Å². The second kappa shape index (κ2) is 14.0. The van der Waals surface area contributed by atoms with E-state index in [-0.39, 0.29) is 48.4 Å². The molecule has 1 aliphatic rings. The molecule has 2 N–H and O–H groups in total. The summed E-state index contributed by atoms with van der Waals surface area (Å²) < 4.78 is 16.4. The highest BCUT2D eigenvalue weighted by atomic mass is 32.2. The van der Waals surface area contributed by atoms with Crippen molar-refractivity contribution in [2.24, 2.45) is 0 Å². The molecule has 11 nitrogen and oxygen atoms in total. The number of amides is 1. The third-order valence-corrected chi connectivity index (χ3v) is 6.24. The van der Waals surface area contributed by atoms with Crippen molar-refractivity contribution in [3.05, 3.63) is 83.2 Å². The molecule has 2 aromatic rings. The van der Waals surface area contributed by atoms with E-state index in [0.29, 0.717) is 36.6 Å². The molecule has 12 heteroatoms. The summed E-state index contributed by atoms with van der Waals surface area (Å²) in [6.07, 6.45) is 5.27. The number of benzene rings is 1. The zero-order valence-corrected chi connectivity index (χ0v) is 20.9. The lowest BCUT2D eigenvalue weighted by Gasteiger charge is -2.14. The van der Waals surface area contributed by atoms with E-state index in [1.807, 2.05) is 0 Å². The van der Waals surface area contributed by atoms with E-state index >= 15 is 0 Å². The van der Waals surface area contributed by atoms with Crippen LogP contribution in [-0.2, 0) is 11.3 Å². The summed E-state index contributed by atoms with van der Waals surface area (Å²) in [5.41, 5.74) is 0.826. The number of nitro benzene ring substituents is 1. The highest BCUT2D eigenvalue weighted by molar-refractivity contribution is 8.13. The maximum absolute atomic E-state index is 12.6. The Bertz CT molecular complexity index is 1130. The van der Waals surface area contributed by atoms with Crippen LogP contribution in [0.5, 0.6) is 11.5 Å². The molecule has 0 bridgehead atoms. The van der Waals surface area contributed by atoms with Crippen molar-refractivity contribution in [2.75, 3.05) is 26.3 Å². The van der Waals surface area contributed by atoms with Gasteiger partial charge >= 0.3 is 5.30 Å². The molecule has 2 atom stereocenters. The molecule has 1 amide bonds. The highest BCUT2D eigenvalue weighted by Gasteiger charge is 2.28. The van der Waals surface area contributed by atoms with Gasteiger partial charge in [-0.3, -0.25) is 14.9 Å². The maximum Gasteiger partial charge on any atom is 0.367 e. The van der Waals surface area contributed by atoms with Gasteiger partial charge in [0.15, 0.2) is 11.5 Å². The van der Waals surface area contributed by atoms with Gasteiger partial charge < -0.3 is 24.8 Å². The predicted octanol–water partition coefficient (Wildman–Crippen LogP) is 3.65. The Kier molecular flexibility index (Phi) is 10.5. The Labute approximate surface area is 218 Å². The topological polar surface area (TPSA) is 142 Å². The summed E-state index contributed by atoms with van der Waals surface area (Å²) in [5.74, 6) is 0.416. The van der Waals surface area contributed by atoms with Crippen LogP contribution in [0.4, 0.5) is 10.5 Å². The fourth-order valence-corrected chi connectivity index (χ4v) is 4.33. The minimum absolute atomic E-state index is 0.00964. The lowest BCUT2D eigenvalue weighted by atomic mass is 10.2. The van der Waals surface area contributed by atoms with Crippen molar-refractivity contribution in [3.8, 4) is 11.5 Å². The second-order valence-electron chi connectivity index (χ2n) is 7.97. The Morgan fingerprint density at radius 2 is 1.89 bits per heavy atom. The Morgan fingerprint density at radius 1 is 1.19 bits per heavy atom. The number of nitrogens with zero attached hydrogens (tertiary/aromatic N) is 2. The number of non-ortho nitro benzene ring substituents is 1. The van der Waals surface area contributed by atoms with E-state index < -0.39 is 10.2 Å². The molecule has 1 saturated heterocycles. The van der Waals surface area contributed by atoms with Crippen molar-refractivity contribution in [1.29, 1.82) is 0 Å². The minimum Gasteiger partial charge on any atom is -0.486 e. The van der Waals surface area contributed by atoms with Crippen molar-refractivity contribution >= 4 is 28.7 Å². The first-order chi connectivity index (χ1) is 17.9. The van der Waals surface area contributed by atoms with Gasteiger partial charge in [0.25, 0.3) is 11.6 Å². The molecule has 1 fully saturated rings. The predicted molar refractivity (Wildman–Crippen MR) is 139 cm³/mol. The standard InChI is InChI=1S/C25H28N4O7S/c1-3-9-34-22-12-21(27-15-23(22)35-10-4-2)24(30)28-13-18-11-20(14-26-18)37-25(31)36-16-17-5-7-19(8-6-17)29(32)33/h3-8,12,15,18,20,26H,1-2,9-11,13-14,16H2,(H,28,30). The average Bonchev–Trinajstić information content (AvgIpc) is 3.35. The molecule has 2 heterocycles. The molecular weight excluding hydrogens is 500 g/mol. The molecule has 37 heavy (non-hydrogen) atoms. The number of ether oxygens (including phenoxy) is 3. The van der Waals surface area contributed by atoms with Gasteiger partial charge in [-0.1, -0.05) is 25.3 Å². The first-order valence-electron chi connectivity index (χ1n) is 11.4. The molecule has 196 valence electrons. The quantitative estimate of drug-likeness (QED) is 0.171. The smallest absolute Gasteiger partial charge is 0.367 e. The first-order valence-corrected chi connectivity index (χ1v) is 12.3. The third kappa shape index (κ3) is 8.62. The summed E-state index contributed by atoms with van der Waals surface area (Å²) in [6.45, 7) is 8.72. The lowest BCUT2D eigenvalue weighted by molar-refractivity contribution is -0.384. The number of aromatic nitrogens is 1. The zero-order chi connectivity index (χ0) is 26.6. The van der Waals surface area contributed by atoms with Gasteiger partial charge in [-0.05, 0) is 35.9 Å². The average molecular weight is 529 g/mol. The molecule has 0 radical (unpaired) electrons. The fraction of sp³-hybridized carbons (Fsp3) is 0.320. The monoisotopic (exact) mass is 528 g/mol. The number of carbonyl (C=O) groups excluding carboxylic acids is 2. The van der Waals surface area contributed by atoms with Gasteiger partial charge in [0.1, 0.15) is 25.5 Å². The van der Waals surface area contributed by atoms with Crippen LogP contribution < -0.4 is 20.1 Å². The van der Waals surface area contributed by atoms with Gasteiger partial charge in [0.05, 0.1) is 11.1 Å². The summed E-state index contributed by atoms with van der Waals surface area (Å²) >= 11 is 1.08. The molecule has 1 aromatic heterocycles. The summed E-state index contributed by atoms with van der Waals surface area (Å²) in [5, 5.41) is 16.4. The summed E-state index contributed by atoms with van der Waals surface area (Å²) in [4.78, 5) is 39.2. The Balaban J connectivity index is 1.43. The van der Waals surface area contributed by atoms with Gasteiger partial charge in [-0.25, -0.2) is 9.78 Å². The van der Waals surface area contributed by atoms with E-state index in [4.69, 9.17) is 14.2 Å². The maximum atomic E-state index is 12.6. The van der Waals surface area contributed by atoms with E-state index in [2.05, 4.69) is 28.8 Å². The molecule has 1 aromatic carbocycles. The second-order valence-corrected chi connectivity index (χ2v) is 9.20. The normalized spacial score (nSPS) is 16.4. The van der Waals surface area contributed by atoms with Crippen LogP contribution in [0, 0.1) is 10.1 Å². The molecule has 2 unspecified atom stereocenters. The summed E-state index contributed by atoms with van der Waals surface area (Å²) in [6, 6.07) is 7.33. The first kappa shape index (κ1) is 27.7. The zero-order valence-electron chi connectivity index (χ0n) is 20.1. The van der Waals surface area contributed by atoms with Crippen LogP contribution in [-0.4, -0.2) is 58.7 Å². The minimum atomic E-state index is -0.486. The number of carbonyl (C=O) groups is 2. The van der Waals surface area contributed by atoms with E-state index in [0.717, 1.165) is 11.8 Å². The third-order valence-electron chi connectivity index (χ3n) is 5.23. The van der Waals surface area contributed by atoms with E-state index in [1.54, 1.807) is 24.3 Å². The van der Waals surface area contributed by atoms with Crippen LogP contribution >= 0.6 is 11.8 Å². The van der Waals surface area contributed by atoms with Crippen molar-refractivity contribution in [1.82, 2.24) is 15.6 Å². The van der Waals surface area contributed by atoms with Gasteiger partial charge in [0, 0.05) is 42.6 Å². The number of hydrogen-bond donors (Lipinski definition) is 2. The fourth-order valence-electron chi connectivity index (χ4n) is 3.43. The molecule has 3 rings (SSSR count). The van der Waals surface area contributed by atoms with E-state index in [1.165, 1.54) is 24.4 Å². The van der Waals surface area contributed by atoms with E-state index in [9.17, 15) is 19.7 Å². The largest absolute Gasteiger partial charge is 0.486 e.